The topological polar surface area (TPSA) is 84.9 Å². The number of aliphatic hydroxyl groups excluding tert-OH is 1. The lowest BCUT2D eigenvalue weighted by Crippen LogP contribution is -2.65. The predicted octanol–water partition coefficient (Wildman–Crippen LogP) is 7.05. The van der Waals surface area contributed by atoms with Gasteiger partial charge in [0.2, 0.25) is 5.91 Å². The largest absolute Gasteiger partial charge is 0.481 e. The van der Waals surface area contributed by atoms with Crippen molar-refractivity contribution >= 4 is 18.8 Å². The van der Waals surface area contributed by atoms with Gasteiger partial charge in [0.1, 0.15) is 5.78 Å². The van der Waals surface area contributed by atoms with Crippen molar-refractivity contribution in [1.29, 1.82) is 0 Å². The Kier molecular flexibility index (Phi) is 12.6. The molecule has 40 heavy (non-hydrogen) atoms. The Morgan fingerprint density at radius 2 is 1.55 bits per heavy atom. The highest BCUT2D eigenvalue weighted by atomic mass is 16.7. The molecule has 0 spiro atoms. The Morgan fingerprint density at radius 3 is 2.10 bits per heavy atom. The number of unbranched alkanes of at least 4 members (excludes halogenated alkanes) is 9. The SMILES string of the molecule is CCCCCCCCCCCCC(=O)C[C@H](C(=O)N[C@@H](CC(C)C)B1O[C@@H]2C[C@H]3C[C@H](C3(C)C)[C@]2(C)O1)[C@@H](C)O. The molecule has 230 valence electrons. The fourth-order valence-electron chi connectivity index (χ4n) is 7.75. The molecule has 4 aliphatic rings. The Labute approximate surface area is 245 Å². The van der Waals surface area contributed by atoms with Gasteiger partial charge in [0.05, 0.1) is 29.7 Å². The van der Waals surface area contributed by atoms with Gasteiger partial charge in [-0.2, -0.15) is 0 Å². The zero-order chi connectivity index (χ0) is 29.5. The van der Waals surface area contributed by atoms with E-state index in [-0.39, 0.29) is 41.2 Å². The Morgan fingerprint density at radius 1 is 0.950 bits per heavy atom. The maximum absolute atomic E-state index is 13.4. The van der Waals surface area contributed by atoms with Crippen molar-refractivity contribution < 1.29 is 24.0 Å². The van der Waals surface area contributed by atoms with E-state index in [4.69, 9.17) is 9.31 Å². The van der Waals surface area contributed by atoms with Gasteiger partial charge in [-0.3, -0.25) is 9.59 Å². The second-order valence-electron chi connectivity index (χ2n) is 14.6. The second kappa shape index (κ2) is 15.0. The molecule has 4 rings (SSSR count). The number of rotatable bonds is 19. The zero-order valence-electron chi connectivity index (χ0n) is 26.8. The third-order valence-corrected chi connectivity index (χ3v) is 10.5. The summed E-state index contributed by atoms with van der Waals surface area (Å²) in [6.45, 7) is 15.0. The first-order chi connectivity index (χ1) is 18.9. The van der Waals surface area contributed by atoms with Gasteiger partial charge in [0.15, 0.2) is 0 Å². The smallest absolute Gasteiger partial charge is 0.404 e. The molecule has 1 heterocycles. The molecule has 3 saturated carbocycles. The average molecular weight is 562 g/mol. The van der Waals surface area contributed by atoms with Crippen LogP contribution in [0.25, 0.3) is 0 Å². The van der Waals surface area contributed by atoms with E-state index in [0.29, 0.717) is 24.2 Å². The second-order valence-corrected chi connectivity index (χ2v) is 14.6. The molecular formula is C33H60BNO5. The maximum atomic E-state index is 13.4. The number of aliphatic hydroxyl groups is 1. The third kappa shape index (κ3) is 8.34. The molecule has 6 nitrogen and oxygen atoms in total. The van der Waals surface area contributed by atoms with Gasteiger partial charge in [0, 0.05) is 12.8 Å². The van der Waals surface area contributed by atoms with Gasteiger partial charge in [-0.25, -0.2) is 0 Å². The fraction of sp³-hybridized carbons (Fsp3) is 0.939. The van der Waals surface area contributed by atoms with E-state index in [1.54, 1.807) is 6.92 Å². The van der Waals surface area contributed by atoms with E-state index in [0.717, 1.165) is 25.7 Å². The fourth-order valence-corrected chi connectivity index (χ4v) is 7.75. The number of carbonyl (C=O) groups excluding carboxylic acids is 2. The van der Waals surface area contributed by atoms with Crippen molar-refractivity contribution in [2.75, 3.05) is 0 Å². The lowest BCUT2D eigenvalue weighted by Gasteiger charge is -2.64. The normalized spacial score (nSPS) is 29.0. The summed E-state index contributed by atoms with van der Waals surface area (Å²) >= 11 is 0. The maximum Gasteiger partial charge on any atom is 0.481 e. The number of Topliss-reactive ketones (excluding diaryl/α,β-unsaturated/α-hetero) is 1. The summed E-state index contributed by atoms with van der Waals surface area (Å²) in [5.74, 6) is 0.185. The minimum absolute atomic E-state index is 0.0519. The highest BCUT2D eigenvalue weighted by Crippen LogP contribution is 2.65. The van der Waals surface area contributed by atoms with E-state index < -0.39 is 19.1 Å². The molecule has 0 radical (unpaired) electrons. The summed E-state index contributed by atoms with van der Waals surface area (Å²) in [5, 5.41) is 13.6. The van der Waals surface area contributed by atoms with Crippen LogP contribution in [0.1, 0.15) is 145 Å². The van der Waals surface area contributed by atoms with Crippen molar-refractivity contribution in [2.24, 2.45) is 29.1 Å². The van der Waals surface area contributed by atoms with Crippen LogP contribution in [-0.4, -0.2) is 47.7 Å². The van der Waals surface area contributed by atoms with Gasteiger partial charge >= 0.3 is 7.12 Å². The molecule has 0 aromatic heterocycles. The number of nitrogens with one attached hydrogen (secondary N) is 1. The van der Waals surface area contributed by atoms with Crippen LogP contribution < -0.4 is 5.32 Å². The standard InChI is InChI=1S/C33H60BNO5/c1-8-9-10-11-12-13-14-15-16-17-18-26(37)22-27(24(4)36)31(38)35-30(19-23(2)3)34-39-29-21-25-20-28(32(25,5)6)33(29,7)40-34/h23-25,27-30,36H,8-22H2,1-7H3,(H,35,38)/t24-,25-,27+,28-,29-,30+,33+/m1/s1. The molecule has 4 fully saturated rings. The van der Waals surface area contributed by atoms with Gasteiger partial charge in [0.25, 0.3) is 0 Å². The molecule has 0 aromatic carbocycles. The summed E-state index contributed by atoms with van der Waals surface area (Å²) in [5.41, 5.74) is -0.0795. The Hall–Kier alpha value is -0.915. The van der Waals surface area contributed by atoms with Crippen LogP contribution in [0.3, 0.4) is 0 Å². The van der Waals surface area contributed by atoms with E-state index >= 15 is 0 Å². The van der Waals surface area contributed by atoms with Gasteiger partial charge in [-0.1, -0.05) is 92.4 Å². The number of amides is 1. The van der Waals surface area contributed by atoms with Gasteiger partial charge in [-0.15, -0.1) is 0 Å². The average Bonchev–Trinajstić information content (AvgIpc) is 3.24. The summed E-state index contributed by atoms with van der Waals surface area (Å²) in [4.78, 5) is 26.2. The molecule has 7 heteroatoms. The lowest BCUT2D eigenvalue weighted by atomic mass is 9.43. The van der Waals surface area contributed by atoms with E-state index in [9.17, 15) is 14.7 Å². The molecule has 2 N–H and O–H groups in total. The van der Waals surface area contributed by atoms with Crippen LogP contribution in [0, 0.1) is 29.1 Å². The van der Waals surface area contributed by atoms with E-state index in [2.05, 4.69) is 46.9 Å². The first kappa shape index (κ1) is 33.6. The molecule has 1 saturated heterocycles. The van der Waals surface area contributed by atoms with Crippen molar-refractivity contribution in [3.8, 4) is 0 Å². The Balaban J connectivity index is 1.47. The number of ketones is 1. The van der Waals surface area contributed by atoms with Gasteiger partial charge in [-0.05, 0) is 62.7 Å². The van der Waals surface area contributed by atoms with Crippen LogP contribution in [-0.2, 0) is 18.9 Å². The Bertz CT molecular complexity index is 817. The number of carbonyl (C=O) groups is 2. The minimum Gasteiger partial charge on any atom is -0.404 e. The van der Waals surface area contributed by atoms with Crippen LogP contribution >= 0.6 is 0 Å². The monoisotopic (exact) mass is 561 g/mol. The van der Waals surface area contributed by atoms with Crippen molar-refractivity contribution in [3.63, 3.8) is 0 Å². The number of hydrogen-bond donors (Lipinski definition) is 2. The van der Waals surface area contributed by atoms with Gasteiger partial charge < -0.3 is 19.7 Å². The molecule has 3 aliphatic carbocycles. The lowest BCUT2D eigenvalue weighted by molar-refractivity contribution is -0.199. The number of hydrogen-bond acceptors (Lipinski definition) is 5. The first-order valence-corrected chi connectivity index (χ1v) is 16.7. The molecule has 0 unspecified atom stereocenters. The predicted molar refractivity (Wildman–Crippen MR) is 163 cm³/mol. The van der Waals surface area contributed by atoms with Crippen molar-refractivity contribution in [2.45, 2.75) is 169 Å². The summed E-state index contributed by atoms with van der Waals surface area (Å²) in [6.07, 6.45) is 14.9. The summed E-state index contributed by atoms with van der Waals surface area (Å²) in [7, 11) is -0.506. The molecule has 2 bridgehead atoms. The van der Waals surface area contributed by atoms with Crippen LogP contribution in [0.2, 0.25) is 0 Å². The van der Waals surface area contributed by atoms with Crippen LogP contribution in [0.15, 0.2) is 0 Å². The third-order valence-electron chi connectivity index (χ3n) is 10.5. The van der Waals surface area contributed by atoms with E-state index in [1.165, 1.54) is 57.8 Å². The van der Waals surface area contributed by atoms with Crippen molar-refractivity contribution in [3.05, 3.63) is 0 Å². The highest BCUT2D eigenvalue weighted by Gasteiger charge is 2.68. The highest BCUT2D eigenvalue weighted by molar-refractivity contribution is 6.47. The molecule has 1 aliphatic heterocycles. The van der Waals surface area contributed by atoms with Crippen molar-refractivity contribution in [1.82, 2.24) is 5.32 Å². The molecule has 1 amide bonds. The zero-order valence-corrected chi connectivity index (χ0v) is 26.8. The van der Waals surface area contributed by atoms with Crippen LogP contribution in [0.4, 0.5) is 0 Å². The minimum atomic E-state index is -0.894. The molecule has 7 atom stereocenters. The first-order valence-electron chi connectivity index (χ1n) is 16.7. The molecule has 0 aromatic rings. The summed E-state index contributed by atoms with van der Waals surface area (Å²) < 4.78 is 13.2. The van der Waals surface area contributed by atoms with Crippen LogP contribution in [0.5, 0.6) is 0 Å². The summed E-state index contributed by atoms with van der Waals surface area (Å²) in [6, 6.07) is 0. The van der Waals surface area contributed by atoms with E-state index in [1.807, 2.05) is 0 Å². The quantitative estimate of drug-likeness (QED) is 0.130. The molecular weight excluding hydrogens is 501 g/mol.